The van der Waals surface area contributed by atoms with Crippen LogP contribution in [0.4, 0.5) is 5.82 Å². The van der Waals surface area contributed by atoms with Crippen molar-refractivity contribution < 1.29 is 4.74 Å². The van der Waals surface area contributed by atoms with Gasteiger partial charge in [-0.2, -0.15) is 4.98 Å². The number of benzene rings is 1. The van der Waals surface area contributed by atoms with Crippen molar-refractivity contribution in [3.05, 3.63) is 40.6 Å². The Labute approximate surface area is 109 Å². The maximum absolute atomic E-state index is 5.88. The number of hydrogen-bond acceptors (Lipinski definition) is 4. The highest BCUT2D eigenvalue weighted by molar-refractivity contribution is 6.42. The summed E-state index contributed by atoms with van der Waals surface area (Å²) in [5.74, 6) is 1.57. The van der Waals surface area contributed by atoms with Crippen LogP contribution in [-0.2, 0) is 0 Å². The molecule has 0 bridgehead atoms. The van der Waals surface area contributed by atoms with Crippen molar-refractivity contribution in [2.24, 2.45) is 0 Å². The van der Waals surface area contributed by atoms with Crippen LogP contribution in [0.5, 0.6) is 11.6 Å². The summed E-state index contributed by atoms with van der Waals surface area (Å²) in [7, 11) is 1.76. The summed E-state index contributed by atoms with van der Waals surface area (Å²) in [6.07, 6.45) is 3.12. The van der Waals surface area contributed by atoms with E-state index >= 15 is 0 Å². The molecular formula is C11H9Cl2N3O. The zero-order valence-corrected chi connectivity index (χ0v) is 10.5. The van der Waals surface area contributed by atoms with Crippen LogP contribution in [0, 0.1) is 0 Å². The summed E-state index contributed by atoms with van der Waals surface area (Å²) in [4.78, 5) is 8.15. The molecule has 6 heteroatoms. The molecule has 0 fully saturated rings. The van der Waals surface area contributed by atoms with Gasteiger partial charge in [-0.25, -0.2) is 0 Å². The van der Waals surface area contributed by atoms with E-state index in [1.54, 1.807) is 31.4 Å². The highest BCUT2D eigenvalue weighted by atomic mass is 35.5. The molecule has 0 aliphatic carbocycles. The molecule has 0 atom stereocenters. The molecule has 88 valence electrons. The zero-order chi connectivity index (χ0) is 12.3. The second-order valence-corrected chi connectivity index (χ2v) is 3.98. The predicted molar refractivity (Wildman–Crippen MR) is 68.1 cm³/mol. The van der Waals surface area contributed by atoms with E-state index in [-0.39, 0.29) is 0 Å². The maximum atomic E-state index is 5.88. The first-order valence-electron chi connectivity index (χ1n) is 4.82. The van der Waals surface area contributed by atoms with Crippen LogP contribution in [0.15, 0.2) is 30.6 Å². The number of hydrogen-bond donors (Lipinski definition) is 1. The normalized spacial score (nSPS) is 10.1. The van der Waals surface area contributed by atoms with Gasteiger partial charge in [-0.05, 0) is 12.1 Å². The van der Waals surface area contributed by atoms with E-state index in [0.717, 1.165) is 0 Å². The topological polar surface area (TPSA) is 47.0 Å². The van der Waals surface area contributed by atoms with Gasteiger partial charge in [0.15, 0.2) is 0 Å². The number of halogens is 2. The lowest BCUT2D eigenvalue weighted by Gasteiger charge is -2.06. The second kappa shape index (κ2) is 5.21. The van der Waals surface area contributed by atoms with Crippen LogP contribution in [0.1, 0.15) is 0 Å². The third-order valence-electron chi connectivity index (χ3n) is 1.98. The Bertz CT molecular complexity index is 534. The Morgan fingerprint density at radius 2 is 2.00 bits per heavy atom. The van der Waals surface area contributed by atoms with Gasteiger partial charge in [0.2, 0.25) is 5.88 Å². The Morgan fingerprint density at radius 1 is 1.18 bits per heavy atom. The van der Waals surface area contributed by atoms with Crippen molar-refractivity contribution in [3.63, 3.8) is 0 Å². The van der Waals surface area contributed by atoms with Gasteiger partial charge in [-0.1, -0.05) is 23.2 Å². The van der Waals surface area contributed by atoms with Crippen molar-refractivity contribution >= 4 is 29.0 Å². The highest BCUT2D eigenvalue weighted by Gasteiger charge is 2.03. The fourth-order valence-corrected chi connectivity index (χ4v) is 1.47. The largest absolute Gasteiger partial charge is 0.437 e. The molecule has 0 amide bonds. The summed E-state index contributed by atoms with van der Waals surface area (Å²) in [6, 6.07) is 4.99. The third kappa shape index (κ3) is 2.99. The van der Waals surface area contributed by atoms with Gasteiger partial charge >= 0.3 is 0 Å². The summed E-state index contributed by atoms with van der Waals surface area (Å²) in [5.41, 5.74) is 0. The van der Waals surface area contributed by atoms with Crippen LogP contribution in [0.3, 0.4) is 0 Å². The van der Waals surface area contributed by atoms with Crippen LogP contribution in [0.2, 0.25) is 10.0 Å². The fourth-order valence-electron chi connectivity index (χ4n) is 1.18. The minimum absolute atomic E-state index is 0.384. The van der Waals surface area contributed by atoms with Gasteiger partial charge in [0, 0.05) is 13.1 Å². The number of rotatable bonds is 3. The highest BCUT2D eigenvalue weighted by Crippen LogP contribution is 2.28. The van der Waals surface area contributed by atoms with E-state index in [4.69, 9.17) is 27.9 Å². The molecule has 2 aromatic rings. The summed E-state index contributed by atoms with van der Waals surface area (Å²) in [6.45, 7) is 0. The van der Waals surface area contributed by atoms with Gasteiger partial charge in [0.25, 0.3) is 0 Å². The van der Waals surface area contributed by atoms with E-state index in [0.29, 0.717) is 27.5 Å². The summed E-state index contributed by atoms with van der Waals surface area (Å²) < 4.78 is 5.50. The quantitative estimate of drug-likeness (QED) is 0.925. The molecule has 0 saturated heterocycles. The van der Waals surface area contributed by atoms with Crippen LogP contribution >= 0.6 is 23.2 Å². The van der Waals surface area contributed by atoms with E-state index in [2.05, 4.69) is 15.3 Å². The molecule has 0 aliphatic heterocycles. The molecular weight excluding hydrogens is 261 g/mol. The average Bonchev–Trinajstić information content (AvgIpc) is 2.34. The van der Waals surface area contributed by atoms with Crippen molar-refractivity contribution in [2.45, 2.75) is 0 Å². The molecule has 1 heterocycles. The Hall–Kier alpha value is -1.52. The van der Waals surface area contributed by atoms with Crippen LogP contribution in [-0.4, -0.2) is 17.0 Å². The van der Waals surface area contributed by atoms with E-state index in [1.807, 2.05) is 0 Å². The van der Waals surface area contributed by atoms with Crippen molar-refractivity contribution in [3.8, 4) is 11.6 Å². The Balaban J connectivity index is 2.22. The maximum Gasteiger partial charge on any atom is 0.239 e. The van der Waals surface area contributed by atoms with Crippen molar-refractivity contribution in [1.82, 2.24) is 9.97 Å². The molecule has 0 aliphatic rings. The summed E-state index contributed by atoms with van der Waals surface area (Å²) in [5, 5.41) is 3.79. The second-order valence-electron chi connectivity index (χ2n) is 3.17. The monoisotopic (exact) mass is 269 g/mol. The number of nitrogens with zero attached hydrogens (tertiary/aromatic N) is 2. The van der Waals surface area contributed by atoms with Gasteiger partial charge < -0.3 is 10.1 Å². The predicted octanol–water partition coefficient (Wildman–Crippen LogP) is 3.62. The Kier molecular flexibility index (Phi) is 3.66. The molecule has 2 rings (SSSR count). The van der Waals surface area contributed by atoms with E-state index in [9.17, 15) is 0 Å². The first-order chi connectivity index (χ1) is 8.19. The zero-order valence-electron chi connectivity index (χ0n) is 8.95. The average molecular weight is 270 g/mol. The van der Waals surface area contributed by atoms with Gasteiger partial charge in [0.1, 0.15) is 11.6 Å². The Morgan fingerprint density at radius 3 is 2.71 bits per heavy atom. The SMILES string of the molecule is CNc1cncc(Oc2ccc(Cl)c(Cl)c2)n1. The van der Waals surface area contributed by atoms with Crippen LogP contribution < -0.4 is 10.1 Å². The molecule has 0 saturated carbocycles. The van der Waals surface area contributed by atoms with E-state index < -0.39 is 0 Å². The lowest BCUT2D eigenvalue weighted by Crippen LogP contribution is -1.95. The first kappa shape index (κ1) is 12.0. The van der Waals surface area contributed by atoms with Gasteiger partial charge in [-0.3, -0.25) is 4.98 Å². The molecule has 4 nitrogen and oxygen atoms in total. The standard InChI is InChI=1S/C11H9Cl2N3O/c1-14-10-5-15-6-11(16-10)17-7-2-3-8(12)9(13)4-7/h2-6H,1H3,(H,14,16). The lowest BCUT2D eigenvalue weighted by atomic mass is 10.3. The van der Waals surface area contributed by atoms with Gasteiger partial charge in [0.05, 0.1) is 22.4 Å². The summed E-state index contributed by atoms with van der Waals surface area (Å²) >= 11 is 11.7. The molecule has 1 aromatic carbocycles. The fraction of sp³-hybridized carbons (Fsp3) is 0.0909. The third-order valence-corrected chi connectivity index (χ3v) is 2.72. The molecule has 0 spiro atoms. The van der Waals surface area contributed by atoms with E-state index in [1.165, 1.54) is 6.20 Å². The minimum Gasteiger partial charge on any atom is -0.437 e. The smallest absolute Gasteiger partial charge is 0.239 e. The van der Waals surface area contributed by atoms with Gasteiger partial charge in [-0.15, -0.1) is 0 Å². The number of nitrogens with one attached hydrogen (secondary N) is 1. The first-order valence-corrected chi connectivity index (χ1v) is 5.57. The van der Waals surface area contributed by atoms with Crippen molar-refractivity contribution in [2.75, 3.05) is 12.4 Å². The number of anilines is 1. The number of ether oxygens (including phenoxy) is 1. The van der Waals surface area contributed by atoms with Crippen LogP contribution in [0.25, 0.3) is 0 Å². The molecule has 1 aromatic heterocycles. The molecule has 0 unspecified atom stereocenters. The molecule has 0 radical (unpaired) electrons. The lowest BCUT2D eigenvalue weighted by molar-refractivity contribution is 0.461. The molecule has 17 heavy (non-hydrogen) atoms. The minimum atomic E-state index is 0.384. The van der Waals surface area contributed by atoms with Crippen molar-refractivity contribution in [1.29, 1.82) is 0 Å². The molecule has 1 N–H and O–H groups in total. The number of aromatic nitrogens is 2.